The lowest BCUT2D eigenvalue weighted by atomic mass is 10.0. The topological polar surface area (TPSA) is 49.7 Å². The van der Waals surface area contributed by atoms with Crippen LogP contribution in [0.3, 0.4) is 0 Å². The summed E-state index contributed by atoms with van der Waals surface area (Å²) in [7, 11) is -1.80. The maximum Gasteiger partial charge on any atom is 0.191 e. The van der Waals surface area contributed by atoms with Crippen molar-refractivity contribution in [1.82, 2.24) is 0 Å². The average Bonchev–Trinajstić information content (AvgIpc) is 2.39. The first-order chi connectivity index (χ1) is 10.0. The minimum Gasteiger partial charge on any atom is -0.417 e. The van der Waals surface area contributed by atoms with Gasteiger partial charge in [-0.1, -0.05) is 50.6 Å². The number of hydrogen-bond donors (Lipinski definition) is 2. The predicted molar refractivity (Wildman–Crippen MR) is 94.9 cm³/mol. The molecule has 2 N–H and O–H groups in total. The zero-order chi connectivity index (χ0) is 17.0. The van der Waals surface area contributed by atoms with Crippen molar-refractivity contribution in [2.45, 2.75) is 64.0 Å². The zero-order valence-electron chi connectivity index (χ0n) is 14.3. The van der Waals surface area contributed by atoms with Gasteiger partial charge in [-0.05, 0) is 36.2 Å². The second-order valence-corrected chi connectivity index (χ2v) is 12.5. The van der Waals surface area contributed by atoms with Crippen LogP contribution in [0, 0.1) is 0 Å². The van der Waals surface area contributed by atoms with Gasteiger partial charge < -0.3 is 14.6 Å². The molecule has 2 atom stereocenters. The molecule has 0 heterocycles. The molecule has 1 rings (SSSR count). The highest BCUT2D eigenvalue weighted by Crippen LogP contribution is 2.36. The number of aliphatic hydroxyl groups excluding tert-OH is 2. The molecule has 1 aromatic carbocycles. The lowest BCUT2D eigenvalue weighted by molar-refractivity contribution is 0.00697. The van der Waals surface area contributed by atoms with Crippen molar-refractivity contribution in [2.24, 2.45) is 0 Å². The van der Waals surface area contributed by atoms with E-state index in [-0.39, 0.29) is 5.04 Å². The van der Waals surface area contributed by atoms with E-state index < -0.39 is 20.5 Å². The van der Waals surface area contributed by atoms with Gasteiger partial charge in [0.05, 0.1) is 12.2 Å². The van der Waals surface area contributed by atoms with Crippen molar-refractivity contribution < 1.29 is 14.6 Å². The van der Waals surface area contributed by atoms with Crippen molar-refractivity contribution in [2.75, 3.05) is 6.61 Å². The van der Waals surface area contributed by atoms with E-state index >= 15 is 0 Å². The first-order valence-corrected chi connectivity index (χ1v) is 11.1. The summed E-state index contributed by atoms with van der Waals surface area (Å²) in [6.07, 6.45) is -0.858. The van der Waals surface area contributed by atoms with Gasteiger partial charge in [-0.3, -0.25) is 0 Å². The molecule has 0 aromatic heterocycles. The Kier molecular flexibility index (Phi) is 7.08. The number of halogens is 1. The average molecular weight is 345 g/mol. The molecule has 0 fully saturated rings. The Hall–Kier alpha value is -0.393. The molecule has 0 radical (unpaired) electrons. The van der Waals surface area contributed by atoms with E-state index in [0.29, 0.717) is 24.5 Å². The lowest BCUT2D eigenvalue weighted by Gasteiger charge is -2.36. The molecule has 0 unspecified atom stereocenters. The fraction of sp³-hybridized carbons (Fsp3) is 0.647. The van der Waals surface area contributed by atoms with Gasteiger partial charge in [0.15, 0.2) is 8.32 Å². The molecule has 126 valence electrons. The van der Waals surface area contributed by atoms with Crippen LogP contribution in [-0.2, 0) is 10.8 Å². The molecule has 0 aliphatic heterocycles. The predicted octanol–water partition coefficient (Wildman–Crippen LogP) is 4.02. The minimum absolute atomic E-state index is 0.147. The summed E-state index contributed by atoms with van der Waals surface area (Å²) in [5.74, 6) is 0. The third-order valence-corrected chi connectivity index (χ3v) is 9.42. The Bertz CT molecular complexity index is 471. The normalized spacial score (nSPS) is 15.6. The molecule has 0 spiro atoms. The third-order valence-electron chi connectivity index (χ3n) is 4.51. The number of benzene rings is 1. The summed E-state index contributed by atoms with van der Waals surface area (Å²) >= 11 is 6.08. The number of aliphatic hydroxyl groups is 2. The first kappa shape index (κ1) is 19.7. The number of rotatable bonds is 7. The van der Waals surface area contributed by atoms with Crippen LogP contribution in [0.5, 0.6) is 0 Å². The molecule has 5 heteroatoms. The quantitative estimate of drug-likeness (QED) is 0.734. The molecule has 3 nitrogen and oxygen atoms in total. The van der Waals surface area contributed by atoms with Gasteiger partial charge in [-0.25, -0.2) is 0 Å². The molecule has 0 aliphatic carbocycles. The van der Waals surface area contributed by atoms with Crippen molar-refractivity contribution in [3.63, 3.8) is 0 Å². The fourth-order valence-electron chi connectivity index (χ4n) is 1.87. The van der Waals surface area contributed by atoms with E-state index in [1.165, 1.54) is 0 Å². The Morgan fingerprint density at radius 2 is 1.73 bits per heavy atom. The van der Waals surface area contributed by atoms with Crippen molar-refractivity contribution in [1.29, 1.82) is 0 Å². The number of hydrogen-bond acceptors (Lipinski definition) is 3. The summed E-state index contributed by atoms with van der Waals surface area (Å²) in [4.78, 5) is 0. The van der Waals surface area contributed by atoms with Crippen LogP contribution in [0.4, 0.5) is 0 Å². The van der Waals surface area contributed by atoms with Crippen molar-refractivity contribution >= 4 is 19.9 Å². The van der Waals surface area contributed by atoms with Gasteiger partial charge in [-0.2, -0.15) is 0 Å². The van der Waals surface area contributed by atoms with Gasteiger partial charge in [0, 0.05) is 18.1 Å². The van der Waals surface area contributed by atoms with Crippen LogP contribution < -0.4 is 0 Å². The monoisotopic (exact) mass is 344 g/mol. The van der Waals surface area contributed by atoms with Crippen molar-refractivity contribution in [3.8, 4) is 0 Å². The summed E-state index contributed by atoms with van der Waals surface area (Å²) < 4.78 is 6.03. The summed E-state index contributed by atoms with van der Waals surface area (Å²) in [5, 5.41) is 21.0. The third kappa shape index (κ3) is 5.67. The van der Waals surface area contributed by atoms with Gasteiger partial charge in [0.2, 0.25) is 0 Å². The summed E-state index contributed by atoms with van der Waals surface area (Å²) in [6.45, 7) is 11.4. The van der Waals surface area contributed by atoms with Crippen molar-refractivity contribution in [3.05, 3.63) is 34.9 Å². The second-order valence-electron chi connectivity index (χ2n) is 7.33. The van der Waals surface area contributed by atoms with E-state index in [9.17, 15) is 10.2 Å². The highest BCUT2D eigenvalue weighted by Gasteiger charge is 2.37. The van der Waals surface area contributed by atoms with Crippen LogP contribution in [0.15, 0.2) is 24.3 Å². The summed E-state index contributed by atoms with van der Waals surface area (Å²) in [5.41, 5.74) is 0.848. The van der Waals surface area contributed by atoms with E-state index in [1.807, 2.05) is 18.2 Å². The van der Waals surface area contributed by atoms with Crippen LogP contribution in [0.25, 0.3) is 0 Å². The highest BCUT2D eigenvalue weighted by molar-refractivity contribution is 6.74. The molecule has 0 bridgehead atoms. The maximum atomic E-state index is 10.1. The zero-order valence-corrected chi connectivity index (χ0v) is 16.0. The molecule has 0 saturated carbocycles. The standard InChI is InChI=1S/C17H29ClO3Si/c1-17(2,3)22(4,5)21-11-10-15(19)16(20)12-13-8-6-7-9-14(13)18/h6-9,15-16,19-20H,10-12H2,1-5H3/t15-,16-/m1/s1. The highest BCUT2D eigenvalue weighted by atomic mass is 35.5. The summed E-state index contributed by atoms with van der Waals surface area (Å²) in [6, 6.07) is 7.38. The fourth-order valence-corrected chi connectivity index (χ4v) is 3.14. The van der Waals surface area contributed by atoms with Crippen LogP contribution >= 0.6 is 11.6 Å². The smallest absolute Gasteiger partial charge is 0.191 e. The van der Waals surface area contributed by atoms with Gasteiger partial charge in [0.25, 0.3) is 0 Å². The van der Waals surface area contributed by atoms with Crippen LogP contribution in [0.2, 0.25) is 23.2 Å². The van der Waals surface area contributed by atoms with E-state index in [2.05, 4.69) is 33.9 Å². The Labute approximate surface area is 140 Å². The largest absolute Gasteiger partial charge is 0.417 e. The molecule has 0 saturated heterocycles. The first-order valence-electron chi connectivity index (χ1n) is 7.78. The van der Waals surface area contributed by atoms with Crippen LogP contribution in [0.1, 0.15) is 32.8 Å². The van der Waals surface area contributed by atoms with Gasteiger partial charge in [-0.15, -0.1) is 0 Å². The molecular formula is C17H29ClO3Si. The minimum atomic E-state index is -1.80. The second kappa shape index (κ2) is 7.93. The Balaban J connectivity index is 2.45. The lowest BCUT2D eigenvalue weighted by Crippen LogP contribution is -2.42. The molecular weight excluding hydrogens is 316 g/mol. The molecule has 0 amide bonds. The molecule has 22 heavy (non-hydrogen) atoms. The Morgan fingerprint density at radius 1 is 1.14 bits per heavy atom. The molecule has 1 aromatic rings. The Morgan fingerprint density at radius 3 is 2.27 bits per heavy atom. The van der Waals surface area contributed by atoms with E-state index in [0.717, 1.165) is 5.56 Å². The van der Waals surface area contributed by atoms with Crippen LogP contribution in [-0.4, -0.2) is 37.3 Å². The SMILES string of the molecule is CC(C)(C)[Si](C)(C)OCC[C@@H](O)[C@H](O)Cc1ccccc1Cl. The maximum absolute atomic E-state index is 10.1. The van der Waals surface area contributed by atoms with Gasteiger partial charge >= 0.3 is 0 Å². The molecule has 0 aliphatic rings. The van der Waals surface area contributed by atoms with E-state index in [1.54, 1.807) is 6.07 Å². The van der Waals surface area contributed by atoms with Gasteiger partial charge in [0.1, 0.15) is 0 Å². The van der Waals surface area contributed by atoms with E-state index in [4.69, 9.17) is 16.0 Å².